The van der Waals surface area contributed by atoms with Gasteiger partial charge in [-0.1, -0.05) is 0 Å². The lowest BCUT2D eigenvalue weighted by Crippen LogP contribution is -2.51. The number of carboxylic acid groups (broad SMARTS) is 1. The zero-order valence-electron chi connectivity index (χ0n) is 10.1. The Bertz CT molecular complexity index is 257. The summed E-state index contributed by atoms with van der Waals surface area (Å²) >= 11 is 0. The highest BCUT2D eigenvalue weighted by atomic mass is 16.4. The van der Waals surface area contributed by atoms with Crippen molar-refractivity contribution >= 4 is 12.0 Å². The third-order valence-electron chi connectivity index (χ3n) is 2.22. The number of urea groups is 1. The number of nitrogens with zero attached hydrogens (tertiary/aromatic N) is 1. The first-order chi connectivity index (χ1) is 7.93. The Balaban J connectivity index is 4.45. The third kappa shape index (κ3) is 5.50. The number of aliphatic hydroxyl groups excluding tert-OH is 2. The summed E-state index contributed by atoms with van der Waals surface area (Å²) in [4.78, 5) is 23.8. The lowest BCUT2D eigenvalue weighted by Gasteiger charge is -2.28. The number of rotatable bonds is 7. The van der Waals surface area contributed by atoms with Gasteiger partial charge in [-0.2, -0.15) is 0 Å². The number of carboxylic acids is 1. The fourth-order valence-electron chi connectivity index (χ4n) is 1.25. The highest BCUT2D eigenvalue weighted by molar-refractivity contribution is 5.82. The predicted octanol–water partition coefficient (Wildman–Crippen LogP) is -0.766. The molecule has 0 spiro atoms. The number of nitrogens with one attached hydrogen (secondary N) is 1. The number of amides is 2. The lowest BCUT2D eigenvalue weighted by atomic mass is 10.3. The predicted molar refractivity (Wildman–Crippen MR) is 60.6 cm³/mol. The minimum Gasteiger partial charge on any atom is -0.480 e. The molecule has 100 valence electrons. The van der Waals surface area contributed by atoms with Gasteiger partial charge in [-0.25, -0.2) is 9.59 Å². The molecule has 0 fully saturated rings. The molecule has 7 nitrogen and oxygen atoms in total. The first kappa shape index (κ1) is 15.7. The van der Waals surface area contributed by atoms with Crippen molar-refractivity contribution in [3.8, 4) is 0 Å². The Morgan fingerprint density at radius 2 is 1.88 bits per heavy atom. The fraction of sp³-hybridized carbons (Fsp3) is 0.800. The van der Waals surface area contributed by atoms with Gasteiger partial charge in [-0.3, -0.25) is 0 Å². The Kier molecular flexibility index (Phi) is 7.24. The number of hydrogen-bond acceptors (Lipinski definition) is 4. The molecule has 2 amide bonds. The summed E-state index contributed by atoms with van der Waals surface area (Å²) in [5.41, 5.74) is 0. The summed E-state index contributed by atoms with van der Waals surface area (Å²) in [5, 5.41) is 28.4. The molecule has 0 aliphatic heterocycles. The van der Waals surface area contributed by atoms with Crippen molar-refractivity contribution in [3.63, 3.8) is 0 Å². The van der Waals surface area contributed by atoms with Gasteiger partial charge in [0.05, 0.1) is 6.61 Å². The smallest absolute Gasteiger partial charge is 0.328 e. The molecule has 17 heavy (non-hydrogen) atoms. The molecule has 0 aliphatic carbocycles. The monoisotopic (exact) mass is 248 g/mol. The van der Waals surface area contributed by atoms with E-state index in [9.17, 15) is 9.59 Å². The highest BCUT2D eigenvalue weighted by Crippen LogP contribution is 2.01. The minimum atomic E-state index is -1.31. The van der Waals surface area contributed by atoms with Crippen LogP contribution in [-0.2, 0) is 4.79 Å². The molecule has 1 atom stereocenters. The van der Waals surface area contributed by atoms with Gasteiger partial charge in [-0.05, 0) is 20.3 Å². The second-order valence-corrected chi connectivity index (χ2v) is 3.89. The molecule has 0 aliphatic rings. The van der Waals surface area contributed by atoms with Crippen LogP contribution in [0.5, 0.6) is 0 Å². The molecule has 0 bridgehead atoms. The van der Waals surface area contributed by atoms with Gasteiger partial charge in [0.1, 0.15) is 0 Å². The summed E-state index contributed by atoms with van der Waals surface area (Å²) in [5.74, 6) is -1.29. The van der Waals surface area contributed by atoms with Crippen LogP contribution in [-0.4, -0.2) is 64.1 Å². The van der Waals surface area contributed by atoms with Crippen molar-refractivity contribution in [2.45, 2.75) is 32.4 Å². The molecular formula is C10H20N2O5. The normalized spacial score (nSPS) is 12.3. The van der Waals surface area contributed by atoms with Crippen LogP contribution in [0.1, 0.15) is 20.3 Å². The van der Waals surface area contributed by atoms with E-state index in [1.165, 1.54) is 4.90 Å². The van der Waals surface area contributed by atoms with Crippen LogP contribution in [0.2, 0.25) is 0 Å². The minimum absolute atomic E-state index is 0.0428. The largest absolute Gasteiger partial charge is 0.480 e. The average molecular weight is 248 g/mol. The van der Waals surface area contributed by atoms with Crippen LogP contribution in [0.4, 0.5) is 4.79 Å². The van der Waals surface area contributed by atoms with Crippen LogP contribution in [0, 0.1) is 0 Å². The van der Waals surface area contributed by atoms with E-state index in [1.807, 2.05) is 0 Å². The van der Waals surface area contributed by atoms with Crippen LogP contribution in [0.3, 0.4) is 0 Å². The van der Waals surface area contributed by atoms with Crippen molar-refractivity contribution in [1.82, 2.24) is 10.2 Å². The third-order valence-corrected chi connectivity index (χ3v) is 2.22. The first-order valence-electron chi connectivity index (χ1n) is 5.45. The number of aliphatic hydroxyl groups is 2. The van der Waals surface area contributed by atoms with E-state index in [0.717, 1.165) is 0 Å². The van der Waals surface area contributed by atoms with Gasteiger partial charge in [0, 0.05) is 19.2 Å². The van der Waals surface area contributed by atoms with Crippen LogP contribution >= 0.6 is 0 Å². The van der Waals surface area contributed by atoms with Crippen molar-refractivity contribution in [1.29, 1.82) is 0 Å². The summed E-state index contributed by atoms with van der Waals surface area (Å²) in [6.07, 6.45) is 0.419. The molecule has 0 unspecified atom stereocenters. The van der Waals surface area contributed by atoms with Crippen molar-refractivity contribution in [3.05, 3.63) is 0 Å². The quantitative estimate of drug-likeness (QED) is 0.473. The lowest BCUT2D eigenvalue weighted by molar-refractivity contribution is -0.140. The van der Waals surface area contributed by atoms with E-state index in [2.05, 4.69) is 5.32 Å². The highest BCUT2D eigenvalue weighted by Gasteiger charge is 2.23. The molecule has 0 rings (SSSR count). The molecule has 0 aromatic rings. The fourth-order valence-corrected chi connectivity index (χ4v) is 1.25. The molecule has 0 aromatic carbocycles. The van der Waals surface area contributed by atoms with Crippen LogP contribution < -0.4 is 5.32 Å². The summed E-state index contributed by atoms with van der Waals surface area (Å²) in [6, 6.07) is -1.98. The molecule has 7 heteroatoms. The van der Waals surface area contributed by atoms with Gasteiger partial charge >= 0.3 is 12.0 Å². The van der Waals surface area contributed by atoms with Gasteiger partial charge in [0.2, 0.25) is 0 Å². The van der Waals surface area contributed by atoms with E-state index >= 15 is 0 Å². The number of carbonyl (C=O) groups excluding carboxylic acids is 1. The van der Waals surface area contributed by atoms with Gasteiger partial charge in [-0.15, -0.1) is 0 Å². The molecule has 0 aromatic heterocycles. The summed E-state index contributed by atoms with van der Waals surface area (Å²) in [7, 11) is 0. The maximum absolute atomic E-state index is 11.7. The summed E-state index contributed by atoms with van der Waals surface area (Å²) < 4.78 is 0. The van der Waals surface area contributed by atoms with E-state index in [4.69, 9.17) is 15.3 Å². The first-order valence-corrected chi connectivity index (χ1v) is 5.45. The average Bonchev–Trinajstić information content (AvgIpc) is 2.25. The van der Waals surface area contributed by atoms with Crippen LogP contribution in [0.25, 0.3) is 0 Å². The van der Waals surface area contributed by atoms with Crippen molar-refractivity contribution in [2.75, 3.05) is 19.8 Å². The van der Waals surface area contributed by atoms with E-state index in [-0.39, 0.29) is 12.6 Å². The SMILES string of the molecule is CC(C)N(CCCO)C(=O)N[C@H](CO)C(=O)O. The Morgan fingerprint density at radius 3 is 2.24 bits per heavy atom. The zero-order chi connectivity index (χ0) is 13.4. The molecule has 0 saturated carbocycles. The number of carbonyl (C=O) groups is 2. The van der Waals surface area contributed by atoms with Crippen molar-refractivity contribution in [2.24, 2.45) is 0 Å². The molecule has 4 N–H and O–H groups in total. The maximum atomic E-state index is 11.7. The van der Waals surface area contributed by atoms with Gasteiger partial charge < -0.3 is 25.5 Å². The van der Waals surface area contributed by atoms with E-state index in [1.54, 1.807) is 13.8 Å². The van der Waals surface area contributed by atoms with E-state index < -0.39 is 24.6 Å². The maximum Gasteiger partial charge on any atom is 0.328 e. The standard InChI is InChI=1S/C10H20N2O5/c1-7(2)12(4-3-5-13)10(17)11-8(6-14)9(15)16/h7-8,13-14H,3-6H2,1-2H3,(H,11,17)(H,15,16)/t8-/m1/s1. The number of hydrogen-bond donors (Lipinski definition) is 4. The van der Waals surface area contributed by atoms with Gasteiger partial charge in [0.25, 0.3) is 0 Å². The Labute approximate surface area is 100 Å². The Hall–Kier alpha value is -1.34. The number of aliphatic carboxylic acids is 1. The zero-order valence-corrected chi connectivity index (χ0v) is 10.1. The topological polar surface area (TPSA) is 110 Å². The molecular weight excluding hydrogens is 228 g/mol. The molecule has 0 radical (unpaired) electrons. The van der Waals surface area contributed by atoms with Gasteiger partial charge in [0.15, 0.2) is 6.04 Å². The summed E-state index contributed by atoms with van der Waals surface area (Å²) in [6.45, 7) is 3.20. The second kappa shape index (κ2) is 7.86. The van der Waals surface area contributed by atoms with Crippen molar-refractivity contribution < 1.29 is 24.9 Å². The Morgan fingerprint density at radius 1 is 1.29 bits per heavy atom. The molecule has 0 saturated heterocycles. The molecule has 0 heterocycles. The van der Waals surface area contributed by atoms with Crippen LogP contribution in [0.15, 0.2) is 0 Å². The second-order valence-electron chi connectivity index (χ2n) is 3.89. The van der Waals surface area contributed by atoms with E-state index in [0.29, 0.717) is 13.0 Å².